The lowest BCUT2D eigenvalue weighted by atomic mass is 9.94. The lowest BCUT2D eigenvalue weighted by molar-refractivity contribution is 0.669. The Morgan fingerprint density at radius 2 is 0.980 bits per heavy atom. The molecule has 0 aliphatic heterocycles. The van der Waals surface area contributed by atoms with E-state index in [0.29, 0.717) is 5.82 Å². The number of benzene rings is 6. The van der Waals surface area contributed by atoms with Gasteiger partial charge in [0, 0.05) is 55.6 Å². The van der Waals surface area contributed by atoms with Gasteiger partial charge in [-0.3, -0.25) is 4.98 Å². The van der Waals surface area contributed by atoms with E-state index >= 15 is 0 Å². The first kappa shape index (κ1) is 28.2. The Bertz CT molecular complexity index is 2870. The standard InChI is InChI=1S/C45H27N3O2/c1-2-13-28(14-3-1)45-47-38(30-16-5-4-15-29(30)37-21-10-11-26-46-37)27-39(48-45)35-25-24-32(42-36-18-7-9-23-41(36)50-44(35)42)34-20-12-19-33-31-17-6-8-22-40(31)49-43(33)34/h1-27H. The number of nitrogens with zero attached hydrogens (tertiary/aromatic N) is 3. The Labute approximate surface area is 287 Å². The van der Waals surface area contributed by atoms with E-state index < -0.39 is 0 Å². The highest BCUT2D eigenvalue weighted by Crippen LogP contribution is 2.45. The second kappa shape index (κ2) is 11.4. The number of pyridine rings is 1. The summed E-state index contributed by atoms with van der Waals surface area (Å²) < 4.78 is 13.3. The molecule has 0 aliphatic carbocycles. The van der Waals surface area contributed by atoms with Crippen molar-refractivity contribution in [2.24, 2.45) is 0 Å². The van der Waals surface area contributed by atoms with E-state index in [9.17, 15) is 0 Å². The quantitative estimate of drug-likeness (QED) is 0.187. The number of hydrogen-bond acceptors (Lipinski definition) is 5. The summed E-state index contributed by atoms with van der Waals surface area (Å²) in [6, 6.07) is 53.4. The first-order valence-electron chi connectivity index (χ1n) is 16.6. The molecule has 0 N–H and O–H groups in total. The summed E-state index contributed by atoms with van der Waals surface area (Å²) in [7, 11) is 0. The molecule has 0 spiro atoms. The van der Waals surface area contributed by atoms with Crippen LogP contribution in [0.15, 0.2) is 173 Å². The first-order valence-corrected chi connectivity index (χ1v) is 16.6. The third-order valence-electron chi connectivity index (χ3n) is 9.40. The van der Waals surface area contributed by atoms with Crippen LogP contribution < -0.4 is 0 Å². The maximum Gasteiger partial charge on any atom is 0.160 e. The summed E-state index contributed by atoms with van der Waals surface area (Å²) in [5.41, 5.74) is 11.6. The molecule has 4 heterocycles. The monoisotopic (exact) mass is 641 g/mol. The van der Waals surface area contributed by atoms with Gasteiger partial charge >= 0.3 is 0 Å². The van der Waals surface area contributed by atoms with Crippen LogP contribution in [-0.2, 0) is 0 Å². The molecule has 10 aromatic rings. The third-order valence-corrected chi connectivity index (χ3v) is 9.40. The molecule has 0 amide bonds. The number of rotatable bonds is 5. The zero-order valence-corrected chi connectivity index (χ0v) is 26.7. The molecule has 0 unspecified atom stereocenters. The van der Waals surface area contributed by atoms with E-state index in [1.165, 1.54) is 0 Å². The van der Waals surface area contributed by atoms with E-state index in [0.717, 1.165) is 94.3 Å². The lowest BCUT2D eigenvalue weighted by Crippen LogP contribution is -1.97. The summed E-state index contributed by atoms with van der Waals surface area (Å²) in [5.74, 6) is 0.634. The molecule has 0 atom stereocenters. The minimum absolute atomic E-state index is 0.634. The average Bonchev–Trinajstić information content (AvgIpc) is 3.77. The van der Waals surface area contributed by atoms with Gasteiger partial charge in [-0.2, -0.15) is 0 Å². The Balaban J connectivity index is 1.25. The summed E-state index contributed by atoms with van der Waals surface area (Å²) in [5, 5.41) is 4.23. The molecule has 6 aromatic carbocycles. The maximum absolute atomic E-state index is 6.75. The summed E-state index contributed by atoms with van der Waals surface area (Å²) in [4.78, 5) is 15.0. The molecule has 234 valence electrons. The SMILES string of the molecule is c1ccc(-c2nc(-c3ccccc3-c3ccccn3)cc(-c3ccc(-c4cccc5c4oc4ccccc45)c4c3oc3ccccc34)n2)cc1. The molecular formula is C45H27N3O2. The second-order valence-corrected chi connectivity index (χ2v) is 12.3. The summed E-state index contributed by atoms with van der Waals surface area (Å²) >= 11 is 0. The van der Waals surface area contributed by atoms with Crippen molar-refractivity contribution in [1.29, 1.82) is 0 Å². The van der Waals surface area contributed by atoms with Gasteiger partial charge in [-0.25, -0.2) is 9.97 Å². The predicted molar refractivity (Wildman–Crippen MR) is 202 cm³/mol. The lowest BCUT2D eigenvalue weighted by Gasteiger charge is -2.13. The highest BCUT2D eigenvalue weighted by atomic mass is 16.3. The Morgan fingerprint density at radius 3 is 1.78 bits per heavy atom. The first-order chi connectivity index (χ1) is 24.8. The van der Waals surface area contributed by atoms with Gasteiger partial charge in [0.15, 0.2) is 5.82 Å². The van der Waals surface area contributed by atoms with E-state index in [-0.39, 0.29) is 0 Å². The van der Waals surface area contributed by atoms with E-state index in [1.807, 2.05) is 91.1 Å². The fourth-order valence-corrected chi connectivity index (χ4v) is 7.11. The topological polar surface area (TPSA) is 65.0 Å². The molecule has 0 radical (unpaired) electrons. The van der Waals surface area contributed by atoms with Gasteiger partial charge in [-0.15, -0.1) is 0 Å². The largest absolute Gasteiger partial charge is 0.455 e. The Kier molecular flexibility index (Phi) is 6.42. The van der Waals surface area contributed by atoms with Crippen LogP contribution in [-0.4, -0.2) is 15.0 Å². The second-order valence-electron chi connectivity index (χ2n) is 12.3. The van der Waals surface area contributed by atoms with Crippen molar-refractivity contribution < 1.29 is 8.83 Å². The van der Waals surface area contributed by atoms with Crippen LogP contribution >= 0.6 is 0 Å². The van der Waals surface area contributed by atoms with Gasteiger partial charge in [-0.1, -0.05) is 121 Å². The molecule has 0 saturated heterocycles. The molecule has 0 saturated carbocycles. The van der Waals surface area contributed by atoms with Gasteiger partial charge < -0.3 is 8.83 Å². The van der Waals surface area contributed by atoms with E-state index in [1.54, 1.807) is 0 Å². The maximum atomic E-state index is 6.75. The smallest absolute Gasteiger partial charge is 0.160 e. The minimum atomic E-state index is 0.634. The molecule has 0 fully saturated rings. The van der Waals surface area contributed by atoms with Gasteiger partial charge in [0.05, 0.1) is 17.1 Å². The van der Waals surface area contributed by atoms with Crippen LogP contribution in [0.4, 0.5) is 0 Å². The van der Waals surface area contributed by atoms with Gasteiger partial charge in [0.25, 0.3) is 0 Å². The highest BCUT2D eigenvalue weighted by Gasteiger charge is 2.22. The molecule has 50 heavy (non-hydrogen) atoms. The number of para-hydroxylation sites is 3. The number of aromatic nitrogens is 3. The average molecular weight is 642 g/mol. The zero-order valence-electron chi connectivity index (χ0n) is 26.7. The normalized spacial score (nSPS) is 11.6. The molecule has 0 bridgehead atoms. The summed E-state index contributed by atoms with van der Waals surface area (Å²) in [6.45, 7) is 0. The Hall–Kier alpha value is -6.85. The van der Waals surface area contributed by atoms with E-state index in [4.69, 9.17) is 18.8 Å². The van der Waals surface area contributed by atoms with E-state index in [2.05, 4.69) is 77.8 Å². The fraction of sp³-hybridized carbons (Fsp3) is 0. The van der Waals surface area contributed by atoms with Crippen LogP contribution in [0.25, 0.3) is 100 Å². The molecule has 5 heteroatoms. The highest BCUT2D eigenvalue weighted by molar-refractivity contribution is 6.19. The van der Waals surface area contributed by atoms with Crippen molar-refractivity contribution in [3.8, 4) is 56.3 Å². The van der Waals surface area contributed by atoms with Crippen molar-refractivity contribution in [2.45, 2.75) is 0 Å². The van der Waals surface area contributed by atoms with Gasteiger partial charge in [-0.05, 0) is 42.0 Å². The molecule has 5 nitrogen and oxygen atoms in total. The molecule has 10 rings (SSSR count). The Morgan fingerprint density at radius 1 is 0.380 bits per heavy atom. The van der Waals surface area contributed by atoms with Crippen molar-refractivity contribution in [2.75, 3.05) is 0 Å². The van der Waals surface area contributed by atoms with Crippen LogP contribution in [0.5, 0.6) is 0 Å². The van der Waals surface area contributed by atoms with Crippen LogP contribution in [0.2, 0.25) is 0 Å². The van der Waals surface area contributed by atoms with Crippen molar-refractivity contribution in [3.63, 3.8) is 0 Å². The number of furan rings is 2. The van der Waals surface area contributed by atoms with Gasteiger partial charge in [0.1, 0.15) is 22.3 Å². The summed E-state index contributed by atoms with van der Waals surface area (Å²) in [6.07, 6.45) is 1.82. The van der Waals surface area contributed by atoms with Crippen LogP contribution in [0, 0.1) is 0 Å². The molecule has 0 aliphatic rings. The molecule has 4 aromatic heterocycles. The predicted octanol–water partition coefficient (Wildman–Crippen LogP) is 12.0. The zero-order chi connectivity index (χ0) is 33.0. The minimum Gasteiger partial charge on any atom is -0.455 e. The van der Waals surface area contributed by atoms with Crippen molar-refractivity contribution >= 4 is 43.9 Å². The molecular weight excluding hydrogens is 615 g/mol. The van der Waals surface area contributed by atoms with Crippen molar-refractivity contribution in [1.82, 2.24) is 15.0 Å². The fourth-order valence-electron chi connectivity index (χ4n) is 7.11. The number of hydrogen-bond donors (Lipinski definition) is 0. The third kappa shape index (κ3) is 4.52. The van der Waals surface area contributed by atoms with Gasteiger partial charge in [0.2, 0.25) is 0 Å². The van der Waals surface area contributed by atoms with Crippen molar-refractivity contribution in [3.05, 3.63) is 164 Å². The number of fused-ring (bicyclic) bond motifs is 6. The van der Waals surface area contributed by atoms with Crippen LogP contribution in [0.3, 0.4) is 0 Å². The van der Waals surface area contributed by atoms with Crippen LogP contribution in [0.1, 0.15) is 0 Å².